The quantitative estimate of drug-likeness (QED) is 0.885. The van der Waals surface area contributed by atoms with Crippen LogP contribution in [0.1, 0.15) is 0 Å². The molecule has 0 spiro atoms. The van der Waals surface area contributed by atoms with E-state index in [-0.39, 0.29) is 11.6 Å². The molecule has 2 rings (SSSR count). The van der Waals surface area contributed by atoms with Crippen LogP contribution in [0.4, 0.5) is 5.88 Å². The Balaban J connectivity index is 2.67. The Hall–Kier alpha value is -1.69. The molecular weight excluding hydrogens is 276 g/mol. The molecule has 0 bridgehead atoms. The Morgan fingerprint density at radius 1 is 1.50 bits per heavy atom. The number of nitrogens with two attached hydrogens (primary N) is 1. The molecule has 0 aliphatic rings. The van der Waals surface area contributed by atoms with Crippen molar-refractivity contribution in [1.29, 1.82) is 0 Å². The molecular formula is C10H9BrN2O3. The topological polar surface area (TPSA) is 81.5 Å². The molecule has 0 fully saturated rings. The van der Waals surface area contributed by atoms with Crippen molar-refractivity contribution in [3.63, 3.8) is 0 Å². The number of aromatic hydroxyl groups is 1. The van der Waals surface area contributed by atoms with Crippen molar-refractivity contribution in [2.45, 2.75) is 0 Å². The van der Waals surface area contributed by atoms with Gasteiger partial charge in [0.15, 0.2) is 11.5 Å². The van der Waals surface area contributed by atoms with Crippen LogP contribution in [0.15, 0.2) is 27.2 Å². The molecule has 16 heavy (non-hydrogen) atoms. The highest BCUT2D eigenvalue weighted by Gasteiger charge is 2.17. The molecule has 0 aliphatic heterocycles. The van der Waals surface area contributed by atoms with E-state index in [1.807, 2.05) is 0 Å². The van der Waals surface area contributed by atoms with E-state index >= 15 is 0 Å². The fourth-order valence-corrected chi connectivity index (χ4v) is 1.92. The van der Waals surface area contributed by atoms with Gasteiger partial charge in [-0.05, 0) is 28.1 Å². The van der Waals surface area contributed by atoms with Gasteiger partial charge in [-0.1, -0.05) is 5.16 Å². The van der Waals surface area contributed by atoms with Crippen molar-refractivity contribution < 1.29 is 14.4 Å². The van der Waals surface area contributed by atoms with E-state index in [0.29, 0.717) is 17.0 Å². The molecule has 1 aromatic heterocycles. The van der Waals surface area contributed by atoms with Gasteiger partial charge < -0.3 is 20.1 Å². The lowest BCUT2D eigenvalue weighted by Crippen LogP contribution is -1.90. The number of rotatable bonds is 2. The van der Waals surface area contributed by atoms with E-state index in [1.165, 1.54) is 13.2 Å². The number of hydrogen-bond donors (Lipinski definition) is 2. The van der Waals surface area contributed by atoms with Crippen molar-refractivity contribution in [3.05, 3.63) is 22.7 Å². The average Bonchev–Trinajstić information content (AvgIpc) is 2.67. The van der Waals surface area contributed by atoms with Crippen molar-refractivity contribution >= 4 is 21.8 Å². The van der Waals surface area contributed by atoms with Crippen LogP contribution in [0.2, 0.25) is 0 Å². The van der Waals surface area contributed by atoms with Gasteiger partial charge in [-0.3, -0.25) is 0 Å². The van der Waals surface area contributed by atoms with Crippen LogP contribution in [-0.2, 0) is 0 Å². The van der Waals surface area contributed by atoms with Gasteiger partial charge in [0.1, 0.15) is 5.69 Å². The first-order valence-corrected chi connectivity index (χ1v) is 5.20. The summed E-state index contributed by atoms with van der Waals surface area (Å²) in [6, 6.07) is 4.77. The van der Waals surface area contributed by atoms with Gasteiger partial charge in [0.05, 0.1) is 12.7 Å². The first-order valence-electron chi connectivity index (χ1n) is 4.41. The highest BCUT2D eigenvalue weighted by Crippen LogP contribution is 2.42. The van der Waals surface area contributed by atoms with Crippen molar-refractivity contribution in [1.82, 2.24) is 5.16 Å². The molecule has 3 N–H and O–H groups in total. The number of nitrogen functional groups attached to an aromatic ring is 1. The average molecular weight is 285 g/mol. The standard InChI is InChI=1S/C10H9BrN2O3/c1-15-10-7(14)3-2-5(11)9(10)6-4-8(12)16-13-6/h2-4,14H,12H2,1H3. The van der Waals surface area contributed by atoms with E-state index in [4.69, 9.17) is 15.0 Å². The molecule has 0 atom stereocenters. The van der Waals surface area contributed by atoms with Crippen LogP contribution in [0.5, 0.6) is 11.5 Å². The molecule has 84 valence electrons. The normalized spacial score (nSPS) is 10.4. The maximum atomic E-state index is 9.65. The fourth-order valence-electron chi connectivity index (χ4n) is 1.40. The van der Waals surface area contributed by atoms with Gasteiger partial charge in [0, 0.05) is 10.5 Å². The fraction of sp³-hybridized carbons (Fsp3) is 0.100. The second-order valence-corrected chi connectivity index (χ2v) is 3.94. The van der Waals surface area contributed by atoms with Gasteiger partial charge in [0.2, 0.25) is 5.88 Å². The Labute approximate surface area is 99.9 Å². The number of anilines is 1. The number of benzene rings is 1. The number of hydrogen-bond acceptors (Lipinski definition) is 5. The summed E-state index contributed by atoms with van der Waals surface area (Å²) in [7, 11) is 1.47. The van der Waals surface area contributed by atoms with Crippen LogP contribution in [0.25, 0.3) is 11.3 Å². The van der Waals surface area contributed by atoms with Gasteiger partial charge in [0.25, 0.3) is 0 Å². The van der Waals surface area contributed by atoms with Crippen molar-refractivity contribution in [2.75, 3.05) is 12.8 Å². The summed E-state index contributed by atoms with van der Waals surface area (Å²) in [4.78, 5) is 0. The zero-order valence-corrected chi connectivity index (χ0v) is 9.98. The van der Waals surface area contributed by atoms with Crippen LogP contribution in [0, 0.1) is 0 Å². The highest BCUT2D eigenvalue weighted by molar-refractivity contribution is 9.10. The predicted octanol–water partition coefficient (Wildman–Crippen LogP) is 2.40. The van der Waals surface area contributed by atoms with E-state index < -0.39 is 0 Å². The summed E-state index contributed by atoms with van der Waals surface area (Å²) in [5, 5.41) is 13.4. The van der Waals surface area contributed by atoms with Crippen LogP contribution >= 0.6 is 15.9 Å². The van der Waals surface area contributed by atoms with Gasteiger partial charge in [-0.2, -0.15) is 0 Å². The molecule has 6 heteroatoms. The Kier molecular flexibility index (Phi) is 2.74. The largest absolute Gasteiger partial charge is 0.504 e. The lowest BCUT2D eigenvalue weighted by molar-refractivity contribution is 0.374. The van der Waals surface area contributed by atoms with Crippen LogP contribution in [-0.4, -0.2) is 17.4 Å². The Morgan fingerprint density at radius 3 is 2.81 bits per heavy atom. The smallest absolute Gasteiger partial charge is 0.222 e. The summed E-state index contributed by atoms with van der Waals surface area (Å²) in [6.45, 7) is 0. The third-order valence-electron chi connectivity index (χ3n) is 2.07. The molecule has 0 saturated heterocycles. The number of phenolic OH excluding ortho intramolecular Hbond substituents is 1. The Morgan fingerprint density at radius 2 is 2.25 bits per heavy atom. The number of nitrogens with zero attached hydrogens (tertiary/aromatic N) is 1. The number of aromatic nitrogens is 1. The third kappa shape index (κ3) is 1.71. The molecule has 1 aromatic carbocycles. The minimum atomic E-state index is 0.0299. The second-order valence-electron chi connectivity index (χ2n) is 3.09. The molecule has 0 radical (unpaired) electrons. The summed E-state index contributed by atoms with van der Waals surface area (Å²) < 4.78 is 10.6. The lowest BCUT2D eigenvalue weighted by Gasteiger charge is -2.09. The maximum absolute atomic E-state index is 9.65. The van der Waals surface area contributed by atoms with Gasteiger partial charge in [-0.15, -0.1) is 0 Å². The molecule has 0 amide bonds. The SMILES string of the molecule is COc1c(O)ccc(Br)c1-c1cc(N)on1. The van der Waals surface area contributed by atoms with Crippen molar-refractivity contribution in [2.24, 2.45) is 0 Å². The van der Waals surface area contributed by atoms with E-state index in [2.05, 4.69) is 21.1 Å². The summed E-state index contributed by atoms with van der Waals surface area (Å²) >= 11 is 3.35. The molecule has 5 nitrogen and oxygen atoms in total. The Bertz CT molecular complexity index is 525. The summed E-state index contributed by atoms with van der Waals surface area (Å²) in [5.41, 5.74) is 6.55. The zero-order chi connectivity index (χ0) is 11.7. The molecule has 0 saturated carbocycles. The summed E-state index contributed by atoms with van der Waals surface area (Å²) in [5.74, 6) is 0.553. The number of phenols is 1. The third-order valence-corrected chi connectivity index (χ3v) is 2.74. The minimum Gasteiger partial charge on any atom is -0.504 e. The molecule has 2 aromatic rings. The van der Waals surface area contributed by atoms with Gasteiger partial charge in [-0.25, -0.2) is 0 Å². The molecule has 0 aliphatic carbocycles. The van der Waals surface area contributed by atoms with Gasteiger partial charge >= 0.3 is 0 Å². The molecule has 0 unspecified atom stereocenters. The number of halogens is 1. The predicted molar refractivity (Wildman–Crippen MR) is 62.3 cm³/mol. The lowest BCUT2D eigenvalue weighted by atomic mass is 10.1. The van der Waals surface area contributed by atoms with Crippen LogP contribution in [0.3, 0.4) is 0 Å². The first kappa shape index (κ1) is 10.8. The zero-order valence-electron chi connectivity index (χ0n) is 8.40. The minimum absolute atomic E-state index is 0.0299. The molecule has 1 heterocycles. The monoisotopic (exact) mass is 284 g/mol. The van der Waals surface area contributed by atoms with E-state index in [9.17, 15) is 5.11 Å². The highest BCUT2D eigenvalue weighted by atomic mass is 79.9. The van der Waals surface area contributed by atoms with E-state index in [0.717, 1.165) is 4.47 Å². The van der Waals surface area contributed by atoms with E-state index in [1.54, 1.807) is 12.1 Å². The van der Waals surface area contributed by atoms with Crippen molar-refractivity contribution in [3.8, 4) is 22.8 Å². The first-order chi connectivity index (χ1) is 7.63. The van der Waals surface area contributed by atoms with Crippen LogP contribution < -0.4 is 10.5 Å². The second kappa shape index (κ2) is 4.05. The maximum Gasteiger partial charge on any atom is 0.222 e. The number of ether oxygens (including phenoxy) is 1. The number of methoxy groups -OCH3 is 1. The summed E-state index contributed by atoms with van der Waals surface area (Å²) in [6.07, 6.45) is 0.